The number of likely N-dealkylation sites (tertiary alicyclic amines) is 1. The van der Waals surface area contributed by atoms with E-state index in [4.69, 9.17) is 20.4 Å². The lowest BCUT2D eigenvalue weighted by atomic mass is 10.0. The average molecular weight is 408 g/mol. The van der Waals surface area contributed by atoms with Crippen molar-refractivity contribution in [1.29, 1.82) is 0 Å². The first kappa shape index (κ1) is 17.8. The Bertz CT molecular complexity index is 1170. The highest BCUT2D eigenvalue weighted by Gasteiger charge is 2.29. The molecule has 0 radical (unpaired) electrons. The van der Waals surface area contributed by atoms with Crippen LogP contribution >= 0.6 is 11.6 Å². The number of hydrogen-bond donors (Lipinski definition) is 1. The standard InChI is InChI=1S/C22H18ClN3O3/c23-14-7-8-18-20(12-14)29-22(25-18)24-15-9-10-26(13-15)21(27)17-5-2-1-4-16(17)19-6-3-11-28-19/h1-8,11-12,15H,9-10,13H2,(H,24,25). The minimum absolute atomic E-state index is 0.00866. The Balaban J connectivity index is 1.31. The van der Waals surface area contributed by atoms with Crippen LogP contribution in [0.15, 0.2) is 69.7 Å². The van der Waals surface area contributed by atoms with Crippen LogP contribution in [-0.4, -0.2) is 34.9 Å². The van der Waals surface area contributed by atoms with Crippen molar-refractivity contribution in [1.82, 2.24) is 9.88 Å². The molecule has 0 aliphatic carbocycles. The molecule has 4 aromatic rings. The molecule has 1 amide bonds. The van der Waals surface area contributed by atoms with Gasteiger partial charge in [-0.05, 0) is 36.8 Å². The zero-order valence-electron chi connectivity index (χ0n) is 15.5. The number of carbonyl (C=O) groups excluding carboxylic acids is 1. The van der Waals surface area contributed by atoms with Crippen molar-refractivity contribution in [2.75, 3.05) is 18.4 Å². The maximum absolute atomic E-state index is 13.1. The van der Waals surface area contributed by atoms with Crippen LogP contribution in [0, 0.1) is 0 Å². The van der Waals surface area contributed by atoms with Gasteiger partial charge in [-0.25, -0.2) is 0 Å². The number of nitrogens with zero attached hydrogens (tertiary/aromatic N) is 2. The third kappa shape index (κ3) is 3.47. The number of carbonyl (C=O) groups is 1. The third-order valence-electron chi connectivity index (χ3n) is 5.10. The first-order chi connectivity index (χ1) is 14.2. The fourth-order valence-electron chi connectivity index (χ4n) is 3.68. The molecule has 3 heterocycles. The van der Waals surface area contributed by atoms with Gasteiger partial charge in [0.1, 0.15) is 11.3 Å². The largest absolute Gasteiger partial charge is 0.464 e. The molecule has 2 aromatic heterocycles. The number of anilines is 1. The van der Waals surface area contributed by atoms with Gasteiger partial charge in [-0.2, -0.15) is 4.98 Å². The van der Waals surface area contributed by atoms with Crippen molar-refractivity contribution in [2.24, 2.45) is 0 Å². The molecule has 5 rings (SSSR count). The van der Waals surface area contributed by atoms with Gasteiger partial charge in [0.25, 0.3) is 11.9 Å². The van der Waals surface area contributed by atoms with Crippen LogP contribution in [0.2, 0.25) is 5.02 Å². The summed E-state index contributed by atoms with van der Waals surface area (Å²) in [6.07, 6.45) is 2.42. The minimum atomic E-state index is -0.00866. The number of amides is 1. The van der Waals surface area contributed by atoms with Gasteiger partial charge >= 0.3 is 0 Å². The maximum Gasteiger partial charge on any atom is 0.295 e. The van der Waals surface area contributed by atoms with Gasteiger partial charge in [-0.1, -0.05) is 29.8 Å². The monoisotopic (exact) mass is 407 g/mol. The van der Waals surface area contributed by atoms with Gasteiger partial charge in [0, 0.05) is 35.8 Å². The van der Waals surface area contributed by atoms with Gasteiger partial charge in [0.05, 0.1) is 11.8 Å². The zero-order valence-corrected chi connectivity index (χ0v) is 16.2. The van der Waals surface area contributed by atoms with Crippen molar-refractivity contribution < 1.29 is 13.6 Å². The molecule has 6 nitrogen and oxygen atoms in total. The molecule has 1 atom stereocenters. The van der Waals surface area contributed by atoms with Crippen molar-refractivity contribution >= 4 is 34.6 Å². The van der Waals surface area contributed by atoms with E-state index in [1.807, 2.05) is 47.4 Å². The number of rotatable bonds is 4. The summed E-state index contributed by atoms with van der Waals surface area (Å²) in [4.78, 5) is 19.4. The van der Waals surface area contributed by atoms with E-state index >= 15 is 0 Å². The van der Waals surface area contributed by atoms with Crippen molar-refractivity contribution in [2.45, 2.75) is 12.5 Å². The highest BCUT2D eigenvalue weighted by atomic mass is 35.5. The second kappa shape index (κ2) is 7.29. The first-order valence-electron chi connectivity index (χ1n) is 9.42. The SMILES string of the molecule is O=C(c1ccccc1-c1ccco1)N1CCC(Nc2nc3ccc(Cl)cc3o2)C1. The quantitative estimate of drug-likeness (QED) is 0.511. The van der Waals surface area contributed by atoms with Crippen LogP contribution in [0.5, 0.6) is 0 Å². The summed E-state index contributed by atoms with van der Waals surface area (Å²) in [5.74, 6) is 0.679. The summed E-state index contributed by atoms with van der Waals surface area (Å²) in [6, 6.07) is 17.1. The summed E-state index contributed by atoms with van der Waals surface area (Å²) in [5.41, 5.74) is 2.82. The second-order valence-corrected chi connectivity index (χ2v) is 7.47. The Hall–Kier alpha value is -3.25. The zero-order chi connectivity index (χ0) is 19.8. The Labute approximate surface area is 172 Å². The van der Waals surface area contributed by atoms with Gasteiger partial charge < -0.3 is 19.1 Å². The van der Waals surface area contributed by atoms with E-state index in [1.54, 1.807) is 18.4 Å². The van der Waals surface area contributed by atoms with E-state index in [2.05, 4.69) is 10.3 Å². The molecule has 7 heteroatoms. The number of furan rings is 1. The molecule has 29 heavy (non-hydrogen) atoms. The topological polar surface area (TPSA) is 71.5 Å². The number of halogens is 1. The lowest BCUT2D eigenvalue weighted by Crippen LogP contribution is -2.31. The highest BCUT2D eigenvalue weighted by Crippen LogP contribution is 2.28. The van der Waals surface area contributed by atoms with E-state index in [0.717, 1.165) is 17.5 Å². The van der Waals surface area contributed by atoms with Crippen molar-refractivity contribution in [3.8, 4) is 11.3 Å². The highest BCUT2D eigenvalue weighted by molar-refractivity contribution is 6.31. The average Bonchev–Trinajstić information content (AvgIpc) is 3.48. The molecule has 1 N–H and O–H groups in total. The molecule has 1 saturated heterocycles. The van der Waals surface area contributed by atoms with Crippen LogP contribution in [0.25, 0.3) is 22.4 Å². The molecule has 1 aliphatic rings. The van der Waals surface area contributed by atoms with Crippen molar-refractivity contribution in [3.05, 3.63) is 71.4 Å². The fourth-order valence-corrected chi connectivity index (χ4v) is 3.85. The van der Waals surface area contributed by atoms with Gasteiger partial charge in [0.15, 0.2) is 5.58 Å². The van der Waals surface area contributed by atoms with Gasteiger partial charge in [-0.15, -0.1) is 0 Å². The summed E-state index contributed by atoms with van der Waals surface area (Å²) >= 11 is 6.00. The number of fused-ring (bicyclic) bond motifs is 1. The number of aromatic nitrogens is 1. The van der Waals surface area contributed by atoms with Crippen LogP contribution in [-0.2, 0) is 0 Å². The summed E-state index contributed by atoms with van der Waals surface area (Å²) in [6.45, 7) is 1.24. The van der Waals surface area contributed by atoms with Crippen LogP contribution < -0.4 is 5.32 Å². The Morgan fingerprint density at radius 3 is 2.93 bits per heavy atom. The molecule has 0 saturated carbocycles. The van der Waals surface area contributed by atoms with Gasteiger partial charge in [0.2, 0.25) is 0 Å². The van der Waals surface area contributed by atoms with E-state index < -0.39 is 0 Å². The van der Waals surface area contributed by atoms with Crippen LogP contribution in [0.1, 0.15) is 16.8 Å². The Morgan fingerprint density at radius 2 is 2.07 bits per heavy atom. The minimum Gasteiger partial charge on any atom is -0.464 e. The second-order valence-electron chi connectivity index (χ2n) is 7.04. The van der Waals surface area contributed by atoms with Crippen LogP contribution in [0.3, 0.4) is 0 Å². The maximum atomic E-state index is 13.1. The van der Waals surface area contributed by atoms with Crippen LogP contribution in [0.4, 0.5) is 6.01 Å². The molecular formula is C22H18ClN3O3. The summed E-state index contributed by atoms with van der Waals surface area (Å²) < 4.78 is 11.2. The van der Waals surface area contributed by atoms with E-state index in [-0.39, 0.29) is 11.9 Å². The molecule has 1 aliphatic heterocycles. The van der Waals surface area contributed by atoms with E-state index in [9.17, 15) is 4.79 Å². The molecule has 2 aromatic carbocycles. The predicted octanol–water partition coefficient (Wildman–Crippen LogP) is 5.07. The summed E-state index contributed by atoms with van der Waals surface area (Å²) in [5, 5.41) is 3.90. The fraction of sp³-hybridized carbons (Fsp3) is 0.182. The number of benzene rings is 2. The lowest BCUT2D eigenvalue weighted by molar-refractivity contribution is 0.0792. The smallest absolute Gasteiger partial charge is 0.295 e. The molecule has 1 fully saturated rings. The van der Waals surface area contributed by atoms with Crippen molar-refractivity contribution in [3.63, 3.8) is 0 Å². The first-order valence-corrected chi connectivity index (χ1v) is 9.80. The number of oxazole rings is 1. The van der Waals surface area contributed by atoms with E-state index in [0.29, 0.717) is 41.0 Å². The van der Waals surface area contributed by atoms with Gasteiger partial charge in [-0.3, -0.25) is 4.79 Å². The Kier molecular flexibility index (Phi) is 4.48. The summed E-state index contributed by atoms with van der Waals surface area (Å²) in [7, 11) is 0. The lowest BCUT2D eigenvalue weighted by Gasteiger charge is -2.18. The third-order valence-corrected chi connectivity index (χ3v) is 5.33. The van der Waals surface area contributed by atoms with E-state index in [1.165, 1.54) is 0 Å². The molecule has 0 bridgehead atoms. The molecule has 0 spiro atoms. The Morgan fingerprint density at radius 1 is 1.17 bits per heavy atom. The molecular weight excluding hydrogens is 390 g/mol. The number of nitrogens with one attached hydrogen (secondary N) is 1. The molecule has 1 unspecified atom stereocenters. The molecule has 146 valence electrons. The number of hydrogen-bond acceptors (Lipinski definition) is 5. The normalized spacial score (nSPS) is 16.4. The predicted molar refractivity (Wildman–Crippen MR) is 111 cm³/mol.